The number of hydrogen-bond donors (Lipinski definition) is 1. The summed E-state index contributed by atoms with van der Waals surface area (Å²) in [7, 11) is 1.91. The fraction of sp³-hybridized carbons (Fsp3) is 0.312. The summed E-state index contributed by atoms with van der Waals surface area (Å²) in [6.45, 7) is 4.21. The zero-order chi connectivity index (χ0) is 16.5. The molecule has 0 aliphatic carbocycles. The van der Waals surface area contributed by atoms with Gasteiger partial charge in [-0.1, -0.05) is 11.2 Å². The van der Waals surface area contributed by atoms with Crippen LogP contribution in [0.5, 0.6) is 0 Å². The first-order chi connectivity index (χ1) is 11.7. The molecule has 0 aromatic carbocycles. The summed E-state index contributed by atoms with van der Waals surface area (Å²) in [5.41, 5.74) is 3.10. The second-order valence-electron chi connectivity index (χ2n) is 5.73. The van der Waals surface area contributed by atoms with Crippen molar-refractivity contribution in [2.24, 2.45) is 17.0 Å². The highest BCUT2D eigenvalue weighted by Gasteiger charge is 2.31. The Kier molecular flexibility index (Phi) is 3.56. The van der Waals surface area contributed by atoms with E-state index in [1.54, 1.807) is 17.0 Å². The van der Waals surface area contributed by atoms with Crippen LogP contribution < -0.4 is 5.32 Å². The van der Waals surface area contributed by atoms with Gasteiger partial charge in [0.05, 0.1) is 11.8 Å². The number of fused-ring (bicyclic) bond motifs is 1. The molecule has 2 aliphatic heterocycles. The van der Waals surface area contributed by atoms with E-state index in [9.17, 15) is 0 Å². The van der Waals surface area contributed by atoms with Crippen molar-refractivity contribution in [3.8, 4) is 0 Å². The third-order valence-electron chi connectivity index (χ3n) is 4.06. The van der Waals surface area contributed by atoms with Gasteiger partial charge in [0, 0.05) is 38.1 Å². The van der Waals surface area contributed by atoms with E-state index >= 15 is 0 Å². The van der Waals surface area contributed by atoms with Crippen LogP contribution in [-0.2, 0) is 7.05 Å². The average molecular weight is 323 g/mol. The number of nitrogens with one attached hydrogen (secondary N) is 1. The molecule has 4 rings (SSSR count). The summed E-state index contributed by atoms with van der Waals surface area (Å²) < 4.78 is 7.46. The van der Waals surface area contributed by atoms with Gasteiger partial charge < -0.3 is 9.73 Å². The zero-order valence-corrected chi connectivity index (χ0v) is 13.3. The molecule has 2 atom stereocenters. The van der Waals surface area contributed by atoms with Crippen LogP contribution in [0.25, 0.3) is 5.57 Å². The van der Waals surface area contributed by atoms with Gasteiger partial charge in [0.25, 0.3) is 5.89 Å². The molecule has 24 heavy (non-hydrogen) atoms. The van der Waals surface area contributed by atoms with E-state index in [1.165, 1.54) is 0 Å². The number of allylic oxidation sites excluding steroid dienone is 1. The first kappa shape index (κ1) is 14.6. The molecule has 2 aliphatic rings. The molecule has 8 heteroatoms. The maximum Gasteiger partial charge on any atom is 0.315 e. The summed E-state index contributed by atoms with van der Waals surface area (Å²) in [4.78, 5) is 8.99. The summed E-state index contributed by atoms with van der Waals surface area (Å²) in [5.74, 6) is 0.646. The van der Waals surface area contributed by atoms with Crippen LogP contribution in [0.4, 0.5) is 6.01 Å². The Morgan fingerprint density at radius 1 is 1.42 bits per heavy atom. The van der Waals surface area contributed by atoms with Gasteiger partial charge in [0.15, 0.2) is 6.17 Å². The van der Waals surface area contributed by atoms with Crippen LogP contribution in [0.2, 0.25) is 0 Å². The van der Waals surface area contributed by atoms with Gasteiger partial charge in [-0.25, -0.2) is 0 Å². The van der Waals surface area contributed by atoms with Crippen LogP contribution in [0, 0.1) is 0 Å². The molecular weight excluding hydrogens is 306 g/mol. The van der Waals surface area contributed by atoms with Crippen LogP contribution in [0.15, 0.2) is 45.0 Å². The number of nitrogens with zero attached hydrogens (tertiary/aromatic N) is 6. The Bertz CT molecular complexity index is 857. The van der Waals surface area contributed by atoms with Crippen LogP contribution in [-0.4, -0.2) is 45.1 Å². The molecular formula is C16H17N7O. The summed E-state index contributed by atoms with van der Waals surface area (Å²) in [6.07, 6.45) is 9.97. The number of anilines is 1. The average Bonchev–Trinajstić information content (AvgIpc) is 3.31. The largest absolute Gasteiger partial charge is 0.403 e. The lowest BCUT2D eigenvalue weighted by Gasteiger charge is -2.20. The number of hydrogen-bond acceptors (Lipinski definition) is 7. The monoisotopic (exact) mass is 323 g/mol. The van der Waals surface area contributed by atoms with Crippen molar-refractivity contribution in [3.63, 3.8) is 0 Å². The van der Waals surface area contributed by atoms with Gasteiger partial charge >= 0.3 is 6.01 Å². The Hall–Kier alpha value is -3.03. The highest BCUT2D eigenvalue weighted by Crippen LogP contribution is 2.36. The molecule has 122 valence electrons. The fourth-order valence-corrected chi connectivity index (χ4v) is 2.87. The van der Waals surface area contributed by atoms with Crippen LogP contribution in [0.3, 0.4) is 0 Å². The number of aliphatic imine (C=N–C) groups is 2. The van der Waals surface area contributed by atoms with Crippen molar-refractivity contribution in [1.29, 1.82) is 0 Å². The summed E-state index contributed by atoms with van der Waals surface area (Å²) in [5, 5.41) is 15.3. The Morgan fingerprint density at radius 2 is 2.33 bits per heavy atom. The van der Waals surface area contributed by atoms with Crippen molar-refractivity contribution in [1.82, 2.24) is 20.0 Å². The smallest absolute Gasteiger partial charge is 0.315 e. The fourth-order valence-electron chi connectivity index (χ4n) is 2.87. The van der Waals surface area contributed by atoms with Crippen molar-refractivity contribution in [3.05, 3.63) is 42.1 Å². The number of aromatic nitrogens is 4. The Balaban J connectivity index is 1.61. The van der Waals surface area contributed by atoms with E-state index in [-0.39, 0.29) is 12.1 Å². The second-order valence-corrected chi connectivity index (χ2v) is 5.73. The van der Waals surface area contributed by atoms with E-state index in [4.69, 9.17) is 4.42 Å². The SMILES string of the molecule is C=CCNc1nnc(C2=C3CC(c4cnn(C)c4)C=NC3N=C2)o1. The van der Waals surface area contributed by atoms with Gasteiger partial charge in [-0.3, -0.25) is 14.7 Å². The van der Waals surface area contributed by atoms with Crippen molar-refractivity contribution < 1.29 is 4.42 Å². The Labute approximate surface area is 138 Å². The molecule has 0 bridgehead atoms. The van der Waals surface area contributed by atoms with Gasteiger partial charge in [0.1, 0.15) is 0 Å². The van der Waals surface area contributed by atoms with Crippen molar-refractivity contribution in [2.45, 2.75) is 18.5 Å². The minimum atomic E-state index is -0.176. The lowest BCUT2D eigenvalue weighted by Crippen LogP contribution is -2.15. The molecule has 2 unspecified atom stereocenters. The van der Waals surface area contributed by atoms with E-state index in [0.717, 1.165) is 23.1 Å². The molecule has 0 spiro atoms. The standard InChI is InChI=1S/C16H17N7O/c1-3-4-17-16-22-21-15(24-16)13-8-19-14-12(13)5-10(6-18-14)11-7-20-23(2)9-11/h3,6-10,14H,1,4-5H2,2H3,(H,17,22). The van der Waals surface area contributed by atoms with Gasteiger partial charge in [-0.2, -0.15) is 5.10 Å². The molecule has 2 aromatic rings. The molecule has 0 saturated heterocycles. The van der Waals surface area contributed by atoms with E-state index < -0.39 is 0 Å². The maximum absolute atomic E-state index is 5.67. The molecule has 0 radical (unpaired) electrons. The highest BCUT2D eigenvalue weighted by molar-refractivity contribution is 6.12. The molecule has 1 N–H and O–H groups in total. The van der Waals surface area contributed by atoms with Crippen molar-refractivity contribution >= 4 is 24.0 Å². The number of rotatable bonds is 5. The molecule has 2 aromatic heterocycles. The maximum atomic E-state index is 5.67. The highest BCUT2D eigenvalue weighted by atomic mass is 16.4. The number of aryl methyl sites for hydroxylation is 1. The van der Waals surface area contributed by atoms with Gasteiger partial charge in [-0.05, 0) is 17.6 Å². The molecule has 0 amide bonds. The molecule has 0 fully saturated rings. The normalized spacial score (nSPS) is 22.0. The second kappa shape index (κ2) is 5.88. The van der Waals surface area contributed by atoms with Gasteiger partial charge in [0.2, 0.25) is 0 Å². The zero-order valence-electron chi connectivity index (χ0n) is 13.3. The van der Waals surface area contributed by atoms with E-state index in [1.807, 2.05) is 25.7 Å². The third kappa shape index (κ3) is 2.55. The van der Waals surface area contributed by atoms with E-state index in [2.05, 4.69) is 37.2 Å². The lowest BCUT2D eigenvalue weighted by atomic mass is 9.90. The quantitative estimate of drug-likeness (QED) is 0.847. The summed E-state index contributed by atoms with van der Waals surface area (Å²) in [6, 6.07) is 0.373. The van der Waals surface area contributed by atoms with Crippen LogP contribution in [0.1, 0.15) is 23.8 Å². The predicted molar refractivity (Wildman–Crippen MR) is 91.2 cm³/mol. The third-order valence-corrected chi connectivity index (χ3v) is 4.06. The van der Waals surface area contributed by atoms with E-state index in [0.29, 0.717) is 18.5 Å². The Morgan fingerprint density at radius 3 is 3.12 bits per heavy atom. The topological polar surface area (TPSA) is 93.5 Å². The minimum Gasteiger partial charge on any atom is -0.403 e. The summed E-state index contributed by atoms with van der Waals surface area (Å²) >= 11 is 0. The lowest BCUT2D eigenvalue weighted by molar-refractivity contribution is 0.553. The van der Waals surface area contributed by atoms with Crippen LogP contribution >= 0.6 is 0 Å². The van der Waals surface area contributed by atoms with Crippen molar-refractivity contribution in [2.75, 3.05) is 11.9 Å². The first-order valence-electron chi connectivity index (χ1n) is 7.71. The molecule has 8 nitrogen and oxygen atoms in total. The predicted octanol–water partition coefficient (Wildman–Crippen LogP) is 1.82. The van der Waals surface area contributed by atoms with Gasteiger partial charge in [-0.15, -0.1) is 11.7 Å². The molecule has 0 saturated carbocycles. The first-order valence-corrected chi connectivity index (χ1v) is 7.71. The molecule has 4 heterocycles. The minimum absolute atomic E-state index is 0.176.